The standard InChI is InChI=1S/C11H18F3NO2/c1-7(10(16)17)8(2)15-5-3-4-9(6-15)11(12,13)14/h7-9H,3-6H2,1-2H3,(H,16,17). The van der Waals surface area contributed by atoms with Crippen molar-refractivity contribution in [3.63, 3.8) is 0 Å². The molecular formula is C11H18F3NO2. The van der Waals surface area contributed by atoms with E-state index in [9.17, 15) is 18.0 Å². The number of hydrogen-bond acceptors (Lipinski definition) is 2. The molecule has 1 N–H and O–H groups in total. The first-order chi connectivity index (χ1) is 7.73. The average Bonchev–Trinajstić information content (AvgIpc) is 2.26. The molecule has 1 saturated heterocycles. The highest BCUT2D eigenvalue weighted by atomic mass is 19.4. The Kier molecular flexibility index (Phi) is 4.41. The molecule has 0 aromatic rings. The van der Waals surface area contributed by atoms with Gasteiger partial charge in [0.2, 0.25) is 0 Å². The van der Waals surface area contributed by atoms with Crippen LogP contribution in [0.25, 0.3) is 0 Å². The van der Waals surface area contributed by atoms with Crippen LogP contribution < -0.4 is 0 Å². The van der Waals surface area contributed by atoms with E-state index in [2.05, 4.69) is 0 Å². The van der Waals surface area contributed by atoms with E-state index in [0.717, 1.165) is 0 Å². The fraction of sp³-hybridized carbons (Fsp3) is 0.909. The van der Waals surface area contributed by atoms with Crippen LogP contribution in [0.1, 0.15) is 26.7 Å². The van der Waals surface area contributed by atoms with Gasteiger partial charge in [-0.1, -0.05) is 6.92 Å². The van der Waals surface area contributed by atoms with Gasteiger partial charge in [0.05, 0.1) is 11.8 Å². The van der Waals surface area contributed by atoms with Gasteiger partial charge in [-0.2, -0.15) is 13.2 Å². The summed E-state index contributed by atoms with van der Waals surface area (Å²) in [5.74, 6) is -2.94. The van der Waals surface area contributed by atoms with Crippen LogP contribution in [-0.4, -0.2) is 41.3 Å². The summed E-state index contributed by atoms with van der Waals surface area (Å²) in [6.45, 7) is 3.68. The van der Waals surface area contributed by atoms with Crippen LogP contribution in [0.5, 0.6) is 0 Å². The Morgan fingerprint density at radius 1 is 1.41 bits per heavy atom. The van der Waals surface area contributed by atoms with Crippen molar-refractivity contribution in [1.82, 2.24) is 4.90 Å². The van der Waals surface area contributed by atoms with Gasteiger partial charge in [0.25, 0.3) is 0 Å². The molecule has 0 bridgehead atoms. The van der Waals surface area contributed by atoms with Crippen LogP contribution in [0.3, 0.4) is 0 Å². The van der Waals surface area contributed by atoms with E-state index in [-0.39, 0.29) is 19.0 Å². The van der Waals surface area contributed by atoms with E-state index in [1.165, 1.54) is 6.92 Å². The zero-order valence-corrected chi connectivity index (χ0v) is 10.00. The Bertz CT molecular complexity index is 280. The fourth-order valence-corrected chi connectivity index (χ4v) is 2.17. The van der Waals surface area contributed by atoms with Crippen LogP contribution in [-0.2, 0) is 4.79 Å². The molecule has 1 aliphatic heterocycles. The Hall–Kier alpha value is -0.780. The van der Waals surface area contributed by atoms with Crippen LogP contribution in [0.15, 0.2) is 0 Å². The third kappa shape index (κ3) is 3.59. The van der Waals surface area contributed by atoms with E-state index < -0.39 is 24.0 Å². The molecule has 0 saturated carbocycles. The topological polar surface area (TPSA) is 40.5 Å². The van der Waals surface area contributed by atoms with Gasteiger partial charge in [-0.25, -0.2) is 0 Å². The van der Waals surface area contributed by atoms with Crippen molar-refractivity contribution < 1.29 is 23.1 Å². The number of likely N-dealkylation sites (tertiary alicyclic amines) is 1. The lowest BCUT2D eigenvalue weighted by molar-refractivity contribution is -0.189. The van der Waals surface area contributed by atoms with Gasteiger partial charge in [0.15, 0.2) is 0 Å². The number of carbonyl (C=O) groups is 1. The van der Waals surface area contributed by atoms with Crippen LogP contribution >= 0.6 is 0 Å². The second-order valence-electron chi connectivity index (χ2n) is 4.74. The number of hydrogen-bond donors (Lipinski definition) is 1. The lowest BCUT2D eigenvalue weighted by atomic mass is 9.93. The highest BCUT2D eigenvalue weighted by Crippen LogP contribution is 2.34. The summed E-state index contributed by atoms with van der Waals surface area (Å²) in [7, 11) is 0. The molecule has 3 unspecified atom stereocenters. The summed E-state index contributed by atoms with van der Waals surface area (Å²) in [5.41, 5.74) is 0. The minimum absolute atomic E-state index is 0.0811. The SMILES string of the molecule is CC(C(=O)O)C(C)N1CCCC(C(F)(F)F)C1. The lowest BCUT2D eigenvalue weighted by Gasteiger charge is -2.38. The molecule has 0 aromatic carbocycles. The molecule has 0 aliphatic carbocycles. The maximum atomic E-state index is 12.6. The van der Waals surface area contributed by atoms with Gasteiger partial charge in [-0.05, 0) is 26.3 Å². The quantitative estimate of drug-likeness (QED) is 0.839. The lowest BCUT2D eigenvalue weighted by Crippen LogP contribution is -2.48. The number of halogens is 3. The summed E-state index contributed by atoms with van der Waals surface area (Å²) in [4.78, 5) is 12.5. The Balaban J connectivity index is 2.63. The molecule has 3 atom stereocenters. The van der Waals surface area contributed by atoms with Gasteiger partial charge in [-0.3, -0.25) is 9.69 Å². The summed E-state index contributed by atoms with van der Waals surface area (Å²) >= 11 is 0. The van der Waals surface area contributed by atoms with Crippen molar-refractivity contribution in [2.45, 2.75) is 38.9 Å². The molecule has 3 nitrogen and oxygen atoms in total. The average molecular weight is 253 g/mol. The summed E-state index contributed by atoms with van der Waals surface area (Å²) in [5, 5.41) is 8.86. The highest BCUT2D eigenvalue weighted by molar-refractivity contribution is 5.70. The second-order valence-corrected chi connectivity index (χ2v) is 4.74. The normalized spacial score (nSPS) is 26.5. The van der Waals surface area contributed by atoms with E-state index in [1.54, 1.807) is 11.8 Å². The van der Waals surface area contributed by atoms with E-state index in [0.29, 0.717) is 13.0 Å². The fourth-order valence-electron chi connectivity index (χ4n) is 2.17. The predicted molar refractivity (Wildman–Crippen MR) is 56.6 cm³/mol. The largest absolute Gasteiger partial charge is 0.481 e. The first kappa shape index (κ1) is 14.3. The van der Waals surface area contributed by atoms with Crippen molar-refractivity contribution in [2.24, 2.45) is 11.8 Å². The monoisotopic (exact) mass is 253 g/mol. The number of alkyl halides is 3. The molecule has 1 fully saturated rings. The van der Waals surface area contributed by atoms with Crippen molar-refractivity contribution >= 4 is 5.97 Å². The smallest absolute Gasteiger partial charge is 0.393 e. The molecular weight excluding hydrogens is 235 g/mol. The van der Waals surface area contributed by atoms with Gasteiger partial charge < -0.3 is 5.11 Å². The third-order valence-electron chi connectivity index (χ3n) is 3.60. The van der Waals surface area contributed by atoms with Gasteiger partial charge in [0, 0.05) is 12.6 Å². The minimum atomic E-state index is -4.18. The van der Waals surface area contributed by atoms with Crippen LogP contribution in [0.4, 0.5) is 13.2 Å². The number of nitrogens with zero attached hydrogens (tertiary/aromatic N) is 1. The Morgan fingerprint density at radius 2 is 2.00 bits per heavy atom. The molecule has 6 heteroatoms. The molecule has 17 heavy (non-hydrogen) atoms. The van der Waals surface area contributed by atoms with Gasteiger partial charge in [-0.15, -0.1) is 0 Å². The number of carboxylic acids is 1. The van der Waals surface area contributed by atoms with Crippen molar-refractivity contribution in [2.75, 3.05) is 13.1 Å². The number of rotatable bonds is 3. The number of piperidine rings is 1. The number of aliphatic carboxylic acids is 1. The first-order valence-corrected chi connectivity index (χ1v) is 5.77. The van der Waals surface area contributed by atoms with E-state index >= 15 is 0 Å². The van der Waals surface area contributed by atoms with E-state index in [1.807, 2.05) is 0 Å². The Labute approximate surface area is 98.6 Å². The molecule has 0 amide bonds. The van der Waals surface area contributed by atoms with Crippen molar-refractivity contribution in [3.05, 3.63) is 0 Å². The summed E-state index contributed by atoms with van der Waals surface area (Å²) in [6.07, 6.45) is -3.56. The molecule has 0 radical (unpaired) electrons. The predicted octanol–water partition coefficient (Wildman–Crippen LogP) is 2.37. The summed E-state index contributed by atoms with van der Waals surface area (Å²) in [6, 6.07) is -0.363. The highest BCUT2D eigenvalue weighted by Gasteiger charge is 2.43. The van der Waals surface area contributed by atoms with Crippen molar-refractivity contribution in [3.8, 4) is 0 Å². The second kappa shape index (κ2) is 5.25. The van der Waals surface area contributed by atoms with Crippen LogP contribution in [0.2, 0.25) is 0 Å². The molecule has 0 aromatic heterocycles. The zero-order valence-electron chi connectivity index (χ0n) is 10.00. The van der Waals surface area contributed by atoms with E-state index in [4.69, 9.17) is 5.11 Å². The summed E-state index contributed by atoms with van der Waals surface area (Å²) < 4.78 is 37.8. The third-order valence-corrected chi connectivity index (χ3v) is 3.60. The Morgan fingerprint density at radius 3 is 2.47 bits per heavy atom. The van der Waals surface area contributed by atoms with Gasteiger partial charge >= 0.3 is 12.1 Å². The van der Waals surface area contributed by atoms with Crippen molar-refractivity contribution in [1.29, 1.82) is 0 Å². The molecule has 1 rings (SSSR count). The van der Waals surface area contributed by atoms with Gasteiger partial charge in [0.1, 0.15) is 0 Å². The number of carboxylic acid groups (broad SMARTS) is 1. The maximum Gasteiger partial charge on any atom is 0.393 e. The molecule has 100 valence electrons. The molecule has 1 heterocycles. The molecule has 1 aliphatic rings. The minimum Gasteiger partial charge on any atom is -0.481 e. The van der Waals surface area contributed by atoms with Crippen LogP contribution in [0, 0.1) is 11.8 Å². The molecule has 0 spiro atoms. The first-order valence-electron chi connectivity index (χ1n) is 5.77. The maximum absolute atomic E-state index is 12.6. The zero-order chi connectivity index (χ0) is 13.2.